The lowest BCUT2D eigenvalue weighted by atomic mass is 10.3. The second-order valence-corrected chi connectivity index (χ2v) is 6.91. The second-order valence-electron chi connectivity index (χ2n) is 3.37. The van der Waals surface area contributed by atoms with Crippen molar-refractivity contribution in [2.75, 3.05) is 5.32 Å². The Kier molecular flexibility index (Phi) is 5.03. The molecule has 0 saturated carbocycles. The number of carbonyl (C=O) groups excluding carboxylic acids is 3. The van der Waals surface area contributed by atoms with E-state index in [1.54, 1.807) is 6.92 Å². The molecule has 1 heterocycles. The predicted molar refractivity (Wildman–Crippen MR) is 75.0 cm³/mol. The molecular formula is C9H8Cl3N3O3S. The van der Waals surface area contributed by atoms with Gasteiger partial charge < -0.3 is 5.73 Å². The maximum Gasteiger partial charge on any atom is 0.326 e. The highest BCUT2D eigenvalue weighted by Crippen LogP contribution is 2.28. The highest BCUT2D eigenvalue weighted by atomic mass is 35.6. The Bertz CT molecular complexity index is 539. The highest BCUT2D eigenvalue weighted by molar-refractivity contribution is 7.16. The van der Waals surface area contributed by atoms with Crippen LogP contribution in [0.4, 0.5) is 9.80 Å². The summed E-state index contributed by atoms with van der Waals surface area (Å²) in [6.07, 6.45) is 0. The minimum absolute atomic E-state index is 0.138. The lowest BCUT2D eigenvalue weighted by Crippen LogP contribution is -2.41. The summed E-state index contributed by atoms with van der Waals surface area (Å²) in [5.74, 6) is -1.81. The molecule has 0 radical (unpaired) electrons. The molecule has 0 spiro atoms. The Morgan fingerprint density at radius 2 is 1.89 bits per heavy atom. The van der Waals surface area contributed by atoms with Gasteiger partial charge in [0.25, 0.3) is 15.6 Å². The first-order valence-electron chi connectivity index (χ1n) is 4.70. The zero-order valence-electron chi connectivity index (χ0n) is 9.42. The van der Waals surface area contributed by atoms with Crippen molar-refractivity contribution < 1.29 is 14.4 Å². The van der Waals surface area contributed by atoms with Crippen molar-refractivity contribution in [2.45, 2.75) is 10.7 Å². The number of hydrogen-bond acceptors (Lipinski definition) is 4. The summed E-state index contributed by atoms with van der Waals surface area (Å²) in [4.78, 5) is 34.6. The fourth-order valence-corrected chi connectivity index (χ4v) is 2.15. The summed E-state index contributed by atoms with van der Waals surface area (Å²) in [5.41, 5.74) is 5.28. The van der Waals surface area contributed by atoms with E-state index in [4.69, 9.17) is 40.5 Å². The van der Waals surface area contributed by atoms with Crippen LogP contribution in [0.2, 0.25) is 0 Å². The molecule has 0 fully saturated rings. The number of carbonyl (C=O) groups is 3. The molecule has 0 aliphatic carbocycles. The minimum atomic E-state index is -2.25. The highest BCUT2D eigenvalue weighted by Gasteiger charge is 2.32. The zero-order chi connectivity index (χ0) is 14.8. The normalized spacial score (nSPS) is 10.9. The quantitative estimate of drug-likeness (QED) is 0.717. The van der Waals surface area contributed by atoms with E-state index in [-0.39, 0.29) is 10.6 Å². The van der Waals surface area contributed by atoms with Crippen LogP contribution in [0.1, 0.15) is 15.2 Å². The smallest absolute Gasteiger partial charge is 0.326 e. The lowest BCUT2D eigenvalue weighted by molar-refractivity contribution is -0.119. The summed E-state index contributed by atoms with van der Waals surface area (Å²) in [6, 6.07) is 0.583. The molecule has 104 valence electrons. The maximum absolute atomic E-state index is 11.5. The Morgan fingerprint density at radius 1 is 1.32 bits per heavy atom. The molecule has 0 atom stereocenters. The van der Waals surface area contributed by atoms with E-state index in [9.17, 15) is 14.4 Å². The molecule has 0 aromatic carbocycles. The standard InChI is InChI=1S/C9H8Cl3N3O3S/c1-3-2-4(5(13)16)6(19-3)14-8(18)15-7(17)9(10,11)12/h2H,1H3,(H2,13,16)(H2,14,15,17,18). The largest absolute Gasteiger partial charge is 0.366 e. The summed E-state index contributed by atoms with van der Waals surface area (Å²) in [6.45, 7) is 1.73. The van der Waals surface area contributed by atoms with Crippen molar-refractivity contribution in [1.82, 2.24) is 5.32 Å². The fourth-order valence-electron chi connectivity index (χ4n) is 1.10. The van der Waals surface area contributed by atoms with Crippen LogP contribution in [0.25, 0.3) is 0 Å². The van der Waals surface area contributed by atoms with Gasteiger partial charge in [0, 0.05) is 4.88 Å². The van der Waals surface area contributed by atoms with Crippen molar-refractivity contribution in [3.05, 3.63) is 16.5 Å². The van der Waals surface area contributed by atoms with Crippen LogP contribution in [-0.4, -0.2) is 21.6 Å². The number of thiophene rings is 1. The first-order valence-corrected chi connectivity index (χ1v) is 6.65. The van der Waals surface area contributed by atoms with Gasteiger partial charge in [-0.1, -0.05) is 34.8 Å². The monoisotopic (exact) mass is 343 g/mol. The topological polar surface area (TPSA) is 101 Å². The summed E-state index contributed by atoms with van der Waals surface area (Å²) in [7, 11) is 0. The van der Waals surface area contributed by atoms with Gasteiger partial charge in [0.05, 0.1) is 5.56 Å². The van der Waals surface area contributed by atoms with Gasteiger partial charge in [0.15, 0.2) is 0 Å². The second kappa shape index (κ2) is 5.96. The van der Waals surface area contributed by atoms with Gasteiger partial charge in [0.1, 0.15) is 5.00 Å². The third-order valence-corrected chi connectivity index (χ3v) is 3.31. The number of rotatable bonds is 2. The molecule has 10 heteroatoms. The predicted octanol–water partition coefficient (Wildman–Crippen LogP) is 2.17. The van der Waals surface area contributed by atoms with Gasteiger partial charge in [-0.2, -0.15) is 0 Å². The number of alkyl halides is 3. The number of nitrogens with one attached hydrogen (secondary N) is 2. The lowest BCUT2D eigenvalue weighted by Gasteiger charge is -2.10. The number of urea groups is 1. The number of nitrogens with two attached hydrogens (primary N) is 1. The number of primary amides is 1. The number of hydrogen-bond donors (Lipinski definition) is 3. The van der Waals surface area contributed by atoms with Crippen LogP contribution >= 0.6 is 46.1 Å². The number of imide groups is 1. The molecule has 4 N–H and O–H groups in total. The first-order chi connectivity index (χ1) is 8.61. The molecule has 0 aliphatic heterocycles. The summed E-state index contributed by atoms with van der Waals surface area (Å²) in [5, 5.41) is 4.31. The number of aryl methyl sites for hydroxylation is 1. The Morgan fingerprint density at radius 3 is 2.37 bits per heavy atom. The van der Waals surface area contributed by atoms with Crippen molar-refractivity contribution in [2.24, 2.45) is 5.73 Å². The molecule has 1 aromatic heterocycles. The average Bonchev–Trinajstić information content (AvgIpc) is 2.57. The minimum Gasteiger partial charge on any atom is -0.366 e. The third kappa shape index (κ3) is 4.54. The first kappa shape index (κ1) is 16.0. The van der Waals surface area contributed by atoms with Crippen molar-refractivity contribution in [3.8, 4) is 0 Å². The molecule has 6 nitrogen and oxygen atoms in total. The van der Waals surface area contributed by atoms with E-state index in [2.05, 4.69) is 5.32 Å². The summed E-state index contributed by atoms with van der Waals surface area (Å²) < 4.78 is -2.25. The molecule has 0 bridgehead atoms. The van der Waals surface area contributed by atoms with E-state index in [0.717, 1.165) is 16.2 Å². The van der Waals surface area contributed by atoms with Crippen LogP contribution in [-0.2, 0) is 4.79 Å². The van der Waals surface area contributed by atoms with Crippen molar-refractivity contribution in [3.63, 3.8) is 0 Å². The Labute approximate surface area is 127 Å². The van der Waals surface area contributed by atoms with E-state index in [1.165, 1.54) is 6.07 Å². The third-order valence-electron chi connectivity index (χ3n) is 1.83. The Hall–Kier alpha value is -1.02. The Balaban J connectivity index is 2.78. The van der Waals surface area contributed by atoms with Crippen LogP contribution in [0.15, 0.2) is 6.07 Å². The maximum atomic E-state index is 11.5. The van der Waals surface area contributed by atoms with Crippen molar-refractivity contribution >= 4 is 69.0 Å². The average molecular weight is 345 g/mol. The van der Waals surface area contributed by atoms with Gasteiger partial charge >= 0.3 is 6.03 Å². The van der Waals surface area contributed by atoms with E-state index in [0.29, 0.717) is 0 Å². The van der Waals surface area contributed by atoms with Crippen LogP contribution in [0.3, 0.4) is 0 Å². The molecule has 19 heavy (non-hydrogen) atoms. The van der Waals surface area contributed by atoms with Gasteiger partial charge in [0.2, 0.25) is 0 Å². The van der Waals surface area contributed by atoms with E-state index >= 15 is 0 Å². The van der Waals surface area contributed by atoms with E-state index in [1.807, 2.05) is 5.32 Å². The van der Waals surface area contributed by atoms with Gasteiger partial charge in [-0.25, -0.2) is 4.79 Å². The number of amides is 4. The molecular weight excluding hydrogens is 337 g/mol. The van der Waals surface area contributed by atoms with Gasteiger partial charge in [-0.15, -0.1) is 11.3 Å². The van der Waals surface area contributed by atoms with Crippen molar-refractivity contribution in [1.29, 1.82) is 0 Å². The molecule has 0 aliphatic rings. The van der Waals surface area contributed by atoms with Gasteiger partial charge in [-0.05, 0) is 13.0 Å². The van der Waals surface area contributed by atoms with Gasteiger partial charge in [-0.3, -0.25) is 20.2 Å². The molecule has 0 unspecified atom stereocenters. The number of halogens is 3. The fraction of sp³-hybridized carbons (Fsp3) is 0.222. The molecule has 1 rings (SSSR count). The summed E-state index contributed by atoms with van der Waals surface area (Å²) >= 11 is 17.0. The van der Waals surface area contributed by atoms with E-state index < -0.39 is 21.6 Å². The number of anilines is 1. The van der Waals surface area contributed by atoms with Crippen LogP contribution < -0.4 is 16.4 Å². The molecule has 1 aromatic rings. The SMILES string of the molecule is Cc1cc(C(N)=O)c(NC(=O)NC(=O)C(Cl)(Cl)Cl)s1. The zero-order valence-corrected chi connectivity index (χ0v) is 12.5. The van der Waals surface area contributed by atoms with Crippen LogP contribution in [0, 0.1) is 6.92 Å². The van der Waals surface area contributed by atoms with Crippen LogP contribution in [0.5, 0.6) is 0 Å². The molecule has 4 amide bonds. The molecule has 0 saturated heterocycles.